The summed E-state index contributed by atoms with van der Waals surface area (Å²) in [6.07, 6.45) is 0. The predicted molar refractivity (Wildman–Crippen MR) is 64.0 cm³/mol. The molecule has 3 atom stereocenters. The predicted octanol–water partition coefficient (Wildman–Crippen LogP) is 1.56. The Bertz CT molecular complexity index is 416. The molecule has 17 heavy (non-hydrogen) atoms. The third-order valence-electron chi connectivity index (χ3n) is 3.91. The van der Waals surface area contributed by atoms with Crippen molar-refractivity contribution in [3.8, 4) is 6.07 Å². The van der Waals surface area contributed by atoms with Crippen molar-refractivity contribution in [2.75, 3.05) is 13.2 Å². The van der Waals surface area contributed by atoms with Crippen LogP contribution in [0.4, 0.5) is 0 Å². The van der Waals surface area contributed by atoms with Gasteiger partial charge >= 0.3 is 0 Å². The highest BCUT2D eigenvalue weighted by atomic mass is 16.5. The first-order valence-corrected chi connectivity index (χ1v) is 6.15. The van der Waals surface area contributed by atoms with Crippen LogP contribution in [0, 0.1) is 29.1 Å². The fraction of sp³-hybridized carbons (Fsp3) is 0.500. The molecule has 1 heterocycles. The van der Waals surface area contributed by atoms with Crippen LogP contribution >= 0.6 is 0 Å². The summed E-state index contributed by atoms with van der Waals surface area (Å²) in [5.41, 5.74) is 1.23. The van der Waals surface area contributed by atoms with Gasteiger partial charge in [0.25, 0.3) is 0 Å². The lowest BCUT2D eigenvalue weighted by molar-refractivity contribution is 0.147. The van der Waals surface area contributed by atoms with Gasteiger partial charge in [-0.1, -0.05) is 30.3 Å². The number of hydrogen-bond acceptors (Lipinski definition) is 3. The Morgan fingerprint density at radius 2 is 2.00 bits per heavy atom. The van der Waals surface area contributed by atoms with E-state index in [1.54, 1.807) is 0 Å². The molecule has 0 bridgehead atoms. The maximum atomic E-state index is 9.22. The molecule has 1 N–H and O–H groups in total. The fourth-order valence-corrected chi connectivity index (χ4v) is 2.87. The van der Waals surface area contributed by atoms with Gasteiger partial charge in [0, 0.05) is 6.54 Å². The van der Waals surface area contributed by atoms with Gasteiger partial charge in [-0.3, -0.25) is 5.32 Å². The first-order chi connectivity index (χ1) is 8.40. The molecule has 2 fully saturated rings. The smallest absolute Gasteiger partial charge is 0.0991 e. The Morgan fingerprint density at radius 3 is 2.65 bits per heavy atom. The molecule has 1 saturated carbocycles. The number of nitrogens with one attached hydrogen (secondary N) is 1. The average molecular weight is 228 g/mol. The lowest BCUT2D eigenvalue weighted by Crippen LogP contribution is -2.31. The number of nitrogens with zero attached hydrogens (tertiary/aromatic N) is 1. The second kappa shape index (κ2) is 4.48. The number of fused-ring (bicyclic) bond motifs is 1. The molecule has 3 rings (SSSR count). The van der Waals surface area contributed by atoms with E-state index in [4.69, 9.17) is 4.74 Å². The van der Waals surface area contributed by atoms with Crippen molar-refractivity contribution in [1.82, 2.24) is 5.32 Å². The highest BCUT2D eigenvalue weighted by molar-refractivity contribution is 5.17. The van der Waals surface area contributed by atoms with Crippen LogP contribution in [0.3, 0.4) is 0 Å². The van der Waals surface area contributed by atoms with E-state index in [0.717, 1.165) is 19.8 Å². The molecule has 3 heteroatoms. The van der Waals surface area contributed by atoms with Crippen molar-refractivity contribution in [1.29, 1.82) is 5.26 Å². The van der Waals surface area contributed by atoms with E-state index in [9.17, 15) is 5.26 Å². The van der Waals surface area contributed by atoms with E-state index in [1.165, 1.54) is 5.56 Å². The van der Waals surface area contributed by atoms with Crippen LogP contribution in [0.2, 0.25) is 0 Å². The third-order valence-corrected chi connectivity index (χ3v) is 3.91. The second-order valence-electron chi connectivity index (χ2n) is 4.92. The Labute approximate surface area is 101 Å². The van der Waals surface area contributed by atoms with Gasteiger partial charge in [0.05, 0.1) is 25.3 Å². The molecule has 0 aromatic heterocycles. The van der Waals surface area contributed by atoms with Crippen molar-refractivity contribution in [2.24, 2.45) is 17.8 Å². The highest BCUT2D eigenvalue weighted by Crippen LogP contribution is 2.52. The molecule has 1 aromatic carbocycles. The molecule has 1 aliphatic carbocycles. The zero-order valence-corrected chi connectivity index (χ0v) is 9.67. The van der Waals surface area contributed by atoms with Gasteiger partial charge < -0.3 is 4.74 Å². The van der Waals surface area contributed by atoms with Crippen LogP contribution < -0.4 is 5.32 Å². The second-order valence-corrected chi connectivity index (χ2v) is 4.92. The van der Waals surface area contributed by atoms with Crippen LogP contribution in [0.5, 0.6) is 0 Å². The maximum Gasteiger partial charge on any atom is 0.0991 e. The van der Waals surface area contributed by atoms with Crippen LogP contribution in [0.15, 0.2) is 30.3 Å². The van der Waals surface area contributed by atoms with E-state index in [-0.39, 0.29) is 6.04 Å². The number of ether oxygens (including phenoxy) is 1. The first-order valence-electron chi connectivity index (χ1n) is 6.15. The van der Waals surface area contributed by atoms with Crippen molar-refractivity contribution >= 4 is 0 Å². The Balaban J connectivity index is 1.56. The minimum Gasteiger partial charge on any atom is -0.381 e. The molecular formula is C14H16N2O. The normalized spacial score (nSPS) is 31.6. The third kappa shape index (κ3) is 2.06. The Morgan fingerprint density at radius 1 is 1.29 bits per heavy atom. The Kier molecular flexibility index (Phi) is 2.84. The van der Waals surface area contributed by atoms with Crippen molar-refractivity contribution in [2.45, 2.75) is 12.6 Å². The van der Waals surface area contributed by atoms with Gasteiger partial charge in [0.15, 0.2) is 0 Å². The van der Waals surface area contributed by atoms with Gasteiger partial charge in [0.1, 0.15) is 0 Å². The largest absolute Gasteiger partial charge is 0.381 e. The molecule has 2 aliphatic rings. The van der Waals surface area contributed by atoms with Crippen molar-refractivity contribution < 1.29 is 4.74 Å². The standard InChI is InChI=1S/C14H16N2O/c15-6-13(14-11-8-17-9-12(11)14)16-7-10-4-2-1-3-5-10/h1-5,11-14,16H,7-9H2/t11-,12-,13+/m1/s1. The zero-order valence-electron chi connectivity index (χ0n) is 9.67. The molecular weight excluding hydrogens is 212 g/mol. The molecule has 3 nitrogen and oxygen atoms in total. The minimum absolute atomic E-state index is 0.0193. The molecule has 88 valence electrons. The van der Waals surface area contributed by atoms with E-state index < -0.39 is 0 Å². The molecule has 1 saturated heterocycles. The van der Waals surface area contributed by atoms with Gasteiger partial charge in [0.2, 0.25) is 0 Å². The van der Waals surface area contributed by atoms with Crippen LogP contribution in [-0.4, -0.2) is 19.3 Å². The molecule has 1 aromatic rings. The minimum atomic E-state index is -0.0193. The summed E-state index contributed by atoms with van der Waals surface area (Å²) in [4.78, 5) is 0. The summed E-state index contributed by atoms with van der Waals surface area (Å²) in [5, 5.41) is 12.6. The average Bonchev–Trinajstić information content (AvgIpc) is 2.86. The fourth-order valence-electron chi connectivity index (χ4n) is 2.87. The first kappa shape index (κ1) is 10.8. The number of hydrogen-bond donors (Lipinski definition) is 1. The Hall–Kier alpha value is -1.37. The lowest BCUT2D eigenvalue weighted by atomic mass is 10.1. The van der Waals surface area contributed by atoms with E-state index in [0.29, 0.717) is 17.8 Å². The lowest BCUT2D eigenvalue weighted by Gasteiger charge is -2.13. The van der Waals surface area contributed by atoms with E-state index >= 15 is 0 Å². The molecule has 1 aliphatic heterocycles. The van der Waals surface area contributed by atoms with E-state index in [1.807, 2.05) is 18.2 Å². The van der Waals surface area contributed by atoms with Crippen molar-refractivity contribution in [3.05, 3.63) is 35.9 Å². The molecule has 0 unspecified atom stereocenters. The summed E-state index contributed by atoms with van der Waals surface area (Å²) in [6, 6.07) is 12.6. The molecule has 0 amide bonds. The summed E-state index contributed by atoms with van der Waals surface area (Å²) in [5.74, 6) is 1.77. The molecule has 0 spiro atoms. The van der Waals surface area contributed by atoms with Gasteiger partial charge in [-0.15, -0.1) is 0 Å². The monoisotopic (exact) mass is 228 g/mol. The summed E-state index contributed by atoms with van der Waals surface area (Å²) in [7, 11) is 0. The number of rotatable bonds is 4. The molecule has 0 radical (unpaired) electrons. The highest BCUT2D eigenvalue weighted by Gasteiger charge is 2.57. The maximum absolute atomic E-state index is 9.22. The quantitative estimate of drug-likeness (QED) is 0.850. The summed E-state index contributed by atoms with van der Waals surface area (Å²) >= 11 is 0. The van der Waals surface area contributed by atoms with Gasteiger partial charge in [-0.05, 0) is 23.3 Å². The van der Waals surface area contributed by atoms with Gasteiger partial charge in [-0.2, -0.15) is 5.26 Å². The number of benzene rings is 1. The van der Waals surface area contributed by atoms with Crippen LogP contribution in [-0.2, 0) is 11.3 Å². The topological polar surface area (TPSA) is 45.0 Å². The van der Waals surface area contributed by atoms with Crippen LogP contribution in [0.1, 0.15) is 5.56 Å². The van der Waals surface area contributed by atoms with Crippen LogP contribution in [0.25, 0.3) is 0 Å². The number of nitriles is 1. The van der Waals surface area contributed by atoms with Crippen molar-refractivity contribution in [3.63, 3.8) is 0 Å². The summed E-state index contributed by atoms with van der Waals surface area (Å²) < 4.78 is 5.36. The van der Waals surface area contributed by atoms with Gasteiger partial charge in [-0.25, -0.2) is 0 Å². The SMILES string of the molecule is N#C[C@H](NCc1ccccc1)C1[C@@H]2COC[C@@H]12. The summed E-state index contributed by atoms with van der Waals surface area (Å²) in [6.45, 7) is 2.47. The zero-order chi connectivity index (χ0) is 11.7. The van der Waals surface area contributed by atoms with E-state index in [2.05, 4.69) is 23.5 Å².